The highest BCUT2D eigenvalue weighted by atomic mass is 15.0. The predicted molar refractivity (Wildman–Crippen MR) is 81.3 cm³/mol. The molecule has 3 rings (SSSR count). The van der Waals surface area contributed by atoms with Crippen LogP contribution in [0.2, 0.25) is 0 Å². The van der Waals surface area contributed by atoms with Crippen LogP contribution in [0.15, 0.2) is 60.7 Å². The molecule has 0 unspecified atom stereocenters. The summed E-state index contributed by atoms with van der Waals surface area (Å²) >= 11 is 0. The van der Waals surface area contributed by atoms with E-state index in [1.54, 1.807) is 0 Å². The SMILES string of the molecule is CCNc1cccc(-c2ccc3ccccc3c2)n1. The van der Waals surface area contributed by atoms with Crippen LogP contribution in [-0.2, 0) is 0 Å². The number of nitrogens with one attached hydrogen (secondary N) is 1. The molecule has 1 N–H and O–H groups in total. The van der Waals surface area contributed by atoms with Crippen LogP contribution < -0.4 is 5.32 Å². The van der Waals surface area contributed by atoms with Crippen molar-refractivity contribution in [3.63, 3.8) is 0 Å². The van der Waals surface area contributed by atoms with Crippen molar-refractivity contribution < 1.29 is 0 Å². The Labute approximate surface area is 113 Å². The first kappa shape index (κ1) is 11.7. The molecule has 3 aromatic rings. The number of nitrogens with zero attached hydrogens (tertiary/aromatic N) is 1. The zero-order valence-corrected chi connectivity index (χ0v) is 10.9. The van der Waals surface area contributed by atoms with Crippen molar-refractivity contribution in [3.8, 4) is 11.3 Å². The van der Waals surface area contributed by atoms with Gasteiger partial charge in [-0.1, -0.05) is 42.5 Å². The van der Waals surface area contributed by atoms with E-state index in [1.165, 1.54) is 10.8 Å². The van der Waals surface area contributed by atoms with Gasteiger partial charge in [0, 0.05) is 12.1 Å². The van der Waals surface area contributed by atoms with Crippen LogP contribution in [-0.4, -0.2) is 11.5 Å². The average Bonchev–Trinajstić information content (AvgIpc) is 2.47. The molecule has 0 aliphatic carbocycles. The normalized spacial score (nSPS) is 10.6. The van der Waals surface area contributed by atoms with Crippen LogP contribution in [0, 0.1) is 0 Å². The lowest BCUT2D eigenvalue weighted by atomic mass is 10.0. The highest BCUT2D eigenvalue weighted by Gasteiger charge is 2.02. The van der Waals surface area contributed by atoms with Gasteiger partial charge in [0.25, 0.3) is 0 Å². The molecular formula is C17H16N2. The highest BCUT2D eigenvalue weighted by Crippen LogP contribution is 2.23. The summed E-state index contributed by atoms with van der Waals surface area (Å²) in [7, 11) is 0. The molecule has 0 amide bonds. The van der Waals surface area contributed by atoms with Crippen LogP contribution in [0.25, 0.3) is 22.0 Å². The van der Waals surface area contributed by atoms with E-state index in [2.05, 4.69) is 59.7 Å². The minimum absolute atomic E-state index is 0.883. The van der Waals surface area contributed by atoms with E-state index in [9.17, 15) is 0 Å². The fraction of sp³-hybridized carbons (Fsp3) is 0.118. The van der Waals surface area contributed by atoms with Crippen LogP contribution >= 0.6 is 0 Å². The first-order valence-corrected chi connectivity index (χ1v) is 6.57. The Morgan fingerprint density at radius 2 is 1.74 bits per heavy atom. The molecule has 0 saturated carbocycles. The van der Waals surface area contributed by atoms with Gasteiger partial charge in [-0.2, -0.15) is 0 Å². The lowest BCUT2D eigenvalue weighted by Gasteiger charge is -2.06. The van der Waals surface area contributed by atoms with E-state index in [0.717, 1.165) is 23.6 Å². The Balaban J connectivity index is 2.05. The van der Waals surface area contributed by atoms with E-state index in [0.29, 0.717) is 0 Å². The molecule has 0 atom stereocenters. The molecule has 1 heterocycles. The molecule has 0 bridgehead atoms. The minimum Gasteiger partial charge on any atom is -0.370 e. The number of hydrogen-bond acceptors (Lipinski definition) is 2. The van der Waals surface area contributed by atoms with Crippen LogP contribution in [0.3, 0.4) is 0 Å². The van der Waals surface area contributed by atoms with Crippen molar-refractivity contribution in [2.24, 2.45) is 0 Å². The number of aromatic nitrogens is 1. The van der Waals surface area contributed by atoms with Crippen molar-refractivity contribution in [1.29, 1.82) is 0 Å². The summed E-state index contributed by atoms with van der Waals surface area (Å²) in [5.41, 5.74) is 2.16. The molecule has 0 spiro atoms. The molecule has 19 heavy (non-hydrogen) atoms. The molecular weight excluding hydrogens is 232 g/mol. The maximum atomic E-state index is 4.63. The number of pyridine rings is 1. The van der Waals surface area contributed by atoms with Gasteiger partial charge in [-0.25, -0.2) is 4.98 Å². The van der Waals surface area contributed by atoms with Gasteiger partial charge in [0.15, 0.2) is 0 Å². The molecule has 0 fully saturated rings. The fourth-order valence-corrected chi connectivity index (χ4v) is 2.22. The molecule has 94 valence electrons. The molecule has 0 aliphatic heterocycles. The Hall–Kier alpha value is -2.35. The molecule has 0 aliphatic rings. The second-order valence-corrected chi connectivity index (χ2v) is 4.50. The number of benzene rings is 2. The van der Waals surface area contributed by atoms with Gasteiger partial charge in [-0.3, -0.25) is 0 Å². The lowest BCUT2D eigenvalue weighted by Crippen LogP contribution is -1.99. The maximum Gasteiger partial charge on any atom is 0.126 e. The van der Waals surface area contributed by atoms with E-state index in [1.807, 2.05) is 18.2 Å². The highest BCUT2D eigenvalue weighted by molar-refractivity contribution is 5.86. The van der Waals surface area contributed by atoms with Gasteiger partial charge < -0.3 is 5.32 Å². The van der Waals surface area contributed by atoms with Crippen molar-refractivity contribution in [2.75, 3.05) is 11.9 Å². The number of hydrogen-bond donors (Lipinski definition) is 1. The van der Waals surface area contributed by atoms with Gasteiger partial charge in [0.05, 0.1) is 5.69 Å². The Morgan fingerprint density at radius 3 is 2.58 bits per heavy atom. The van der Waals surface area contributed by atoms with Crippen LogP contribution in [0.5, 0.6) is 0 Å². The third kappa shape index (κ3) is 2.43. The van der Waals surface area contributed by atoms with Gasteiger partial charge in [0.1, 0.15) is 5.82 Å². The van der Waals surface area contributed by atoms with E-state index >= 15 is 0 Å². The van der Waals surface area contributed by atoms with Crippen molar-refractivity contribution in [3.05, 3.63) is 60.7 Å². The fourth-order valence-electron chi connectivity index (χ4n) is 2.22. The van der Waals surface area contributed by atoms with Crippen molar-refractivity contribution in [2.45, 2.75) is 6.92 Å². The third-order valence-electron chi connectivity index (χ3n) is 3.15. The summed E-state index contributed by atoms with van der Waals surface area (Å²) in [5, 5.41) is 5.75. The number of rotatable bonds is 3. The molecule has 2 heteroatoms. The average molecular weight is 248 g/mol. The van der Waals surface area contributed by atoms with Crippen LogP contribution in [0.4, 0.5) is 5.82 Å². The Bertz CT molecular complexity index is 704. The largest absolute Gasteiger partial charge is 0.370 e. The van der Waals surface area contributed by atoms with Gasteiger partial charge >= 0.3 is 0 Å². The number of anilines is 1. The molecule has 0 saturated heterocycles. The summed E-state index contributed by atoms with van der Waals surface area (Å²) in [6, 6.07) is 20.9. The van der Waals surface area contributed by atoms with E-state index in [-0.39, 0.29) is 0 Å². The van der Waals surface area contributed by atoms with Gasteiger partial charge in [0.2, 0.25) is 0 Å². The van der Waals surface area contributed by atoms with E-state index in [4.69, 9.17) is 0 Å². The smallest absolute Gasteiger partial charge is 0.126 e. The summed E-state index contributed by atoms with van der Waals surface area (Å²) < 4.78 is 0. The summed E-state index contributed by atoms with van der Waals surface area (Å²) in [6.45, 7) is 2.96. The first-order chi connectivity index (χ1) is 9.36. The van der Waals surface area contributed by atoms with Gasteiger partial charge in [-0.05, 0) is 35.9 Å². The molecule has 0 radical (unpaired) electrons. The topological polar surface area (TPSA) is 24.9 Å². The predicted octanol–water partition coefficient (Wildman–Crippen LogP) is 4.33. The number of fused-ring (bicyclic) bond motifs is 1. The van der Waals surface area contributed by atoms with Gasteiger partial charge in [-0.15, -0.1) is 0 Å². The molecule has 2 aromatic carbocycles. The molecule has 2 nitrogen and oxygen atoms in total. The van der Waals surface area contributed by atoms with Crippen molar-refractivity contribution >= 4 is 16.6 Å². The van der Waals surface area contributed by atoms with Crippen molar-refractivity contribution in [1.82, 2.24) is 4.98 Å². The summed E-state index contributed by atoms with van der Waals surface area (Å²) in [4.78, 5) is 4.63. The second kappa shape index (κ2) is 5.11. The Kier molecular flexibility index (Phi) is 3.15. The maximum absolute atomic E-state index is 4.63. The lowest BCUT2D eigenvalue weighted by molar-refractivity contribution is 1.16. The standard InChI is InChI=1S/C17H16N2/c1-2-18-17-9-5-8-16(19-17)15-11-10-13-6-3-4-7-14(13)12-15/h3-12H,2H2,1H3,(H,18,19). The monoisotopic (exact) mass is 248 g/mol. The molecule has 1 aromatic heterocycles. The summed E-state index contributed by atoms with van der Waals surface area (Å²) in [6.07, 6.45) is 0. The quantitative estimate of drug-likeness (QED) is 0.746. The zero-order chi connectivity index (χ0) is 13.1. The van der Waals surface area contributed by atoms with Crippen LogP contribution in [0.1, 0.15) is 6.92 Å². The third-order valence-corrected chi connectivity index (χ3v) is 3.15. The first-order valence-electron chi connectivity index (χ1n) is 6.57. The Morgan fingerprint density at radius 1 is 0.895 bits per heavy atom. The van der Waals surface area contributed by atoms with E-state index < -0.39 is 0 Å². The summed E-state index contributed by atoms with van der Waals surface area (Å²) in [5.74, 6) is 0.924. The minimum atomic E-state index is 0.883. The second-order valence-electron chi connectivity index (χ2n) is 4.50. The zero-order valence-electron chi connectivity index (χ0n) is 10.9.